The van der Waals surface area contributed by atoms with Crippen molar-refractivity contribution in [3.63, 3.8) is 0 Å². The van der Waals surface area contributed by atoms with Gasteiger partial charge in [0, 0.05) is 0 Å². The van der Waals surface area contributed by atoms with Crippen LogP contribution in [0.3, 0.4) is 0 Å². The lowest BCUT2D eigenvalue weighted by Gasteiger charge is -2.06. The molecule has 0 atom stereocenters. The van der Waals surface area contributed by atoms with Gasteiger partial charge >= 0.3 is 5.97 Å². The Morgan fingerprint density at radius 2 is 1.95 bits per heavy atom. The first kappa shape index (κ1) is 13.1. The van der Waals surface area contributed by atoms with Crippen LogP contribution in [0.2, 0.25) is 0 Å². The first-order valence-corrected chi connectivity index (χ1v) is 6.28. The standard InChI is InChI=1S/C13H11NO4S/c1-7-2-3-8(10(15)6-7)11(16)14-12-9(13(17)18)4-5-19-12/h2-6,15H,1H3,(H,14,16)(H,17,18). The second-order valence-electron chi connectivity index (χ2n) is 3.94. The van der Waals surface area contributed by atoms with Crippen molar-refractivity contribution in [2.24, 2.45) is 0 Å². The molecule has 1 amide bonds. The molecule has 5 nitrogen and oxygen atoms in total. The summed E-state index contributed by atoms with van der Waals surface area (Å²) in [5, 5.41) is 22.9. The van der Waals surface area contributed by atoms with E-state index in [2.05, 4.69) is 5.32 Å². The van der Waals surface area contributed by atoms with E-state index in [-0.39, 0.29) is 21.9 Å². The average molecular weight is 277 g/mol. The summed E-state index contributed by atoms with van der Waals surface area (Å²) in [4.78, 5) is 22.9. The molecule has 0 bridgehead atoms. The molecule has 2 rings (SSSR count). The Bertz CT molecular complexity index is 648. The van der Waals surface area contributed by atoms with E-state index in [1.165, 1.54) is 18.2 Å². The van der Waals surface area contributed by atoms with Gasteiger partial charge in [0.25, 0.3) is 5.91 Å². The summed E-state index contributed by atoms with van der Waals surface area (Å²) >= 11 is 1.12. The van der Waals surface area contributed by atoms with Gasteiger partial charge in [-0.2, -0.15) is 0 Å². The number of aromatic carboxylic acids is 1. The van der Waals surface area contributed by atoms with Crippen molar-refractivity contribution in [3.05, 3.63) is 46.3 Å². The number of carboxylic acids is 1. The molecule has 0 radical (unpaired) electrons. The van der Waals surface area contributed by atoms with Crippen molar-refractivity contribution in [3.8, 4) is 5.75 Å². The van der Waals surface area contributed by atoms with E-state index in [9.17, 15) is 14.7 Å². The van der Waals surface area contributed by atoms with Crippen LogP contribution in [0.4, 0.5) is 5.00 Å². The zero-order valence-corrected chi connectivity index (χ0v) is 10.8. The van der Waals surface area contributed by atoms with E-state index < -0.39 is 11.9 Å². The minimum atomic E-state index is -1.11. The van der Waals surface area contributed by atoms with Gasteiger partial charge in [0.2, 0.25) is 0 Å². The van der Waals surface area contributed by atoms with Gasteiger partial charge in [0.05, 0.1) is 11.1 Å². The van der Waals surface area contributed by atoms with Crippen LogP contribution in [-0.2, 0) is 0 Å². The number of aryl methyl sites for hydroxylation is 1. The third-order valence-electron chi connectivity index (χ3n) is 2.52. The first-order chi connectivity index (χ1) is 8.99. The maximum atomic E-state index is 12.0. The van der Waals surface area contributed by atoms with E-state index in [1.807, 2.05) is 0 Å². The molecule has 6 heteroatoms. The van der Waals surface area contributed by atoms with Crippen molar-refractivity contribution in [2.45, 2.75) is 6.92 Å². The number of carbonyl (C=O) groups is 2. The molecule has 98 valence electrons. The molecule has 3 N–H and O–H groups in total. The van der Waals surface area contributed by atoms with Crippen LogP contribution < -0.4 is 5.32 Å². The van der Waals surface area contributed by atoms with Crippen LogP contribution in [-0.4, -0.2) is 22.1 Å². The van der Waals surface area contributed by atoms with E-state index in [0.717, 1.165) is 16.9 Å². The maximum absolute atomic E-state index is 12.0. The van der Waals surface area contributed by atoms with Crippen LogP contribution in [0.15, 0.2) is 29.6 Å². The number of carbonyl (C=O) groups excluding carboxylic acids is 1. The Balaban J connectivity index is 2.26. The molecular formula is C13H11NO4S. The number of nitrogens with one attached hydrogen (secondary N) is 1. The van der Waals surface area contributed by atoms with Crippen LogP contribution in [0, 0.1) is 6.92 Å². The van der Waals surface area contributed by atoms with Crippen LogP contribution in [0.25, 0.3) is 0 Å². The third kappa shape index (κ3) is 2.74. The number of phenolic OH excluding ortho intramolecular Hbond substituents is 1. The van der Waals surface area contributed by atoms with Crippen LogP contribution in [0.5, 0.6) is 5.75 Å². The molecule has 0 aliphatic carbocycles. The van der Waals surface area contributed by atoms with E-state index in [1.54, 1.807) is 18.4 Å². The lowest BCUT2D eigenvalue weighted by atomic mass is 10.1. The summed E-state index contributed by atoms with van der Waals surface area (Å²) in [6.45, 7) is 1.79. The number of hydrogen-bond acceptors (Lipinski definition) is 4. The van der Waals surface area contributed by atoms with Crippen molar-refractivity contribution in [1.29, 1.82) is 0 Å². The lowest BCUT2D eigenvalue weighted by Crippen LogP contribution is -2.13. The van der Waals surface area contributed by atoms with Gasteiger partial charge in [0.15, 0.2) is 0 Å². The van der Waals surface area contributed by atoms with Gasteiger partial charge in [-0.25, -0.2) is 4.79 Å². The number of anilines is 1. The van der Waals surface area contributed by atoms with Gasteiger partial charge in [0.1, 0.15) is 10.8 Å². The number of phenols is 1. The molecule has 1 heterocycles. The highest BCUT2D eigenvalue weighted by molar-refractivity contribution is 7.14. The second-order valence-corrected chi connectivity index (χ2v) is 4.86. The summed E-state index contributed by atoms with van der Waals surface area (Å²) in [5.41, 5.74) is 0.969. The Kier molecular flexibility index (Phi) is 3.52. The van der Waals surface area contributed by atoms with Gasteiger partial charge in [-0.1, -0.05) is 6.07 Å². The number of carboxylic acid groups (broad SMARTS) is 1. The third-order valence-corrected chi connectivity index (χ3v) is 3.35. The van der Waals surface area contributed by atoms with Crippen molar-refractivity contribution < 1.29 is 19.8 Å². The highest BCUT2D eigenvalue weighted by Gasteiger charge is 2.16. The van der Waals surface area contributed by atoms with E-state index >= 15 is 0 Å². The van der Waals surface area contributed by atoms with Crippen molar-refractivity contribution in [1.82, 2.24) is 0 Å². The molecule has 1 aromatic carbocycles. The second kappa shape index (κ2) is 5.11. The molecule has 0 spiro atoms. The topological polar surface area (TPSA) is 86.6 Å². The van der Waals surface area contributed by atoms with Gasteiger partial charge < -0.3 is 15.5 Å². The molecule has 0 fully saturated rings. The quantitative estimate of drug-likeness (QED) is 0.805. The predicted molar refractivity (Wildman–Crippen MR) is 72.1 cm³/mol. The minimum absolute atomic E-state index is 0.0324. The zero-order chi connectivity index (χ0) is 14.0. The zero-order valence-electron chi connectivity index (χ0n) is 10.0. The number of hydrogen-bond donors (Lipinski definition) is 3. The smallest absolute Gasteiger partial charge is 0.338 e. The predicted octanol–water partition coefficient (Wildman–Crippen LogP) is 2.71. The molecule has 0 saturated carbocycles. The SMILES string of the molecule is Cc1ccc(C(=O)Nc2sccc2C(=O)O)c(O)c1. The Morgan fingerprint density at radius 1 is 1.21 bits per heavy atom. The normalized spacial score (nSPS) is 10.2. The molecule has 0 aliphatic heterocycles. The number of amides is 1. The highest BCUT2D eigenvalue weighted by atomic mass is 32.1. The van der Waals surface area contributed by atoms with Crippen molar-refractivity contribution in [2.75, 3.05) is 5.32 Å². The molecule has 19 heavy (non-hydrogen) atoms. The summed E-state index contributed by atoms with van der Waals surface area (Å²) in [7, 11) is 0. The van der Waals surface area contributed by atoms with Gasteiger partial charge in [-0.3, -0.25) is 4.79 Å². The van der Waals surface area contributed by atoms with Crippen LogP contribution in [0.1, 0.15) is 26.3 Å². The minimum Gasteiger partial charge on any atom is -0.507 e. The maximum Gasteiger partial charge on any atom is 0.338 e. The summed E-state index contributed by atoms with van der Waals surface area (Å²) < 4.78 is 0. The molecule has 0 saturated heterocycles. The average Bonchev–Trinajstić information content (AvgIpc) is 2.76. The van der Waals surface area contributed by atoms with Crippen LogP contribution >= 0.6 is 11.3 Å². The number of thiophene rings is 1. The largest absolute Gasteiger partial charge is 0.507 e. The highest BCUT2D eigenvalue weighted by Crippen LogP contribution is 2.25. The Morgan fingerprint density at radius 3 is 2.58 bits per heavy atom. The van der Waals surface area contributed by atoms with E-state index in [0.29, 0.717) is 0 Å². The summed E-state index contributed by atoms with van der Waals surface area (Å²) in [6.07, 6.45) is 0. The monoisotopic (exact) mass is 277 g/mol. The molecule has 0 unspecified atom stereocenters. The number of rotatable bonds is 3. The Hall–Kier alpha value is -2.34. The lowest BCUT2D eigenvalue weighted by molar-refractivity contribution is 0.0698. The van der Waals surface area contributed by atoms with Crippen molar-refractivity contribution >= 4 is 28.2 Å². The number of benzene rings is 1. The number of aromatic hydroxyl groups is 1. The molecule has 0 aliphatic rings. The summed E-state index contributed by atoms with van der Waals surface area (Å²) in [5.74, 6) is -1.78. The Labute approximate surface area is 113 Å². The van der Waals surface area contributed by atoms with Gasteiger partial charge in [-0.15, -0.1) is 11.3 Å². The fraction of sp³-hybridized carbons (Fsp3) is 0.0769. The first-order valence-electron chi connectivity index (χ1n) is 5.41. The van der Waals surface area contributed by atoms with E-state index in [4.69, 9.17) is 5.11 Å². The molecule has 1 aromatic heterocycles. The van der Waals surface area contributed by atoms with Gasteiger partial charge in [-0.05, 0) is 36.1 Å². The fourth-order valence-electron chi connectivity index (χ4n) is 1.58. The molecule has 2 aromatic rings. The fourth-order valence-corrected chi connectivity index (χ4v) is 2.35. The molecular weight excluding hydrogens is 266 g/mol. The summed E-state index contributed by atoms with van der Waals surface area (Å²) in [6, 6.07) is 6.08.